The van der Waals surface area contributed by atoms with E-state index in [1.807, 2.05) is 53.6 Å². The molecule has 1 aromatic carbocycles. The number of nitrogens with zero attached hydrogens (tertiary/aromatic N) is 2. The van der Waals surface area contributed by atoms with E-state index >= 15 is 0 Å². The van der Waals surface area contributed by atoms with E-state index in [0.29, 0.717) is 24.8 Å². The lowest BCUT2D eigenvalue weighted by molar-refractivity contribution is -0.294. The Morgan fingerprint density at radius 1 is 1.08 bits per heavy atom. The maximum Gasteiger partial charge on any atom is 0.410 e. The highest BCUT2D eigenvalue weighted by atomic mass is 19.1. The fraction of sp³-hybridized carbons (Fsp3) is 0.718. The lowest BCUT2D eigenvalue weighted by Gasteiger charge is -2.47. The second-order valence-corrected chi connectivity index (χ2v) is 15.5. The van der Waals surface area contributed by atoms with E-state index in [-0.39, 0.29) is 36.7 Å². The van der Waals surface area contributed by atoms with E-state index in [1.54, 1.807) is 51.0 Å². The molecule has 0 unspecified atom stereocenters. The molecule has 0 spiro atoms. The molecule has 1 amide bonds. The van der Waals surface area contributed by atoms with Gasteiger partial charge in [0.05, 0.1) is 23.9 Å². The van der Waals surface area contributed by atoms with Crippen LogP contribution in [0.4, 0.5) is 9.18 Å². The minimum absolute atomic E-state index is 0.119. The van der Waals surface area contributed by atoms with Crippen LogP contribution in [0.25, 0.3) is 0 Å². The molecule has 1 N–H and O–H groups in total. The molecular formula is C39H59FN2O9. The molecule has 286 valence electrons. The Morgan fingerprint density at radius 3 is 2.31 bits per heavy atom. The number of aliphatic hydroxyl groups is 1. The number of fused-ring (bicyclic) bond motifs is 1. The standard InChI is InChI=1S/C39H59FN2O9/c1-12-30-39(8)33(42(37(46)51-39)18-17-27-13-15-28(40)16-14-27)26(6)31(43)24(4)21-38(7,47-11)34(22(2)19-23(3)35(45)49-30)50-36-32(44)29(41(9)10)20-25(5)48-36/h13-16,19,22,24-26,29-30,32-34,36,44H,12,17-18,20-21H2,1-11H3/b23-19+/t22-,24+,25+,26-,29-,30+,32+,33+,34+,36-,38+,39+/m0/s1. The first-order valence-corrected chi connectivity index (χ1v) is 18.2. The van der Waals surface area contributed by atoms with Crippen LogP contribution in [0, 0.1) is 23.6 Å². The van der Waals surface area contributed by atoms with Crippen LogP contribution in [0.5, 0.6) is 0 Å². The van der Waals surface area contributed by atoms with Crippen molar-refractivity contribution in [1.82, 2.24) is 9.80 Å². The van der Waals surface area contributed by atoms with Crippen LogP contribution in [-0.2, 0) is 39.7 Å². The second kappa shape index (κ2) is 16.4. The van der Waals surface area contributed by atoms with Gasteiger partial charge in [-0.05, 0) is 85.2 Å². The summed E-state index contributed by atoms with van der Waals surface area (Å²) in [6.07, 6.45) is -1.04. The lowest BCUT2D eigenvalue weighted by atomic mass is 9.74. The van der Waals surface area contributed by atoms with Crippen molar-refractivity contribution < 1.29 is 47.6 Å². The van der Waals surface area contributed by atoms with E-state index in [9.17, 15) is 23.9 Å². The van der Waals surface area contributed by atoms with Gasteiger partial charge in [0.25, 0.3) is 0 Å². The summed E-state index contributed by atoms with van der Waals surface area (Å²) in [5.41, 5.74) is -1.29. The molecule has 0 saturated carbocycles. The summed E-state index contributed by atoms with van der Waals surface area (Å²) < 4.78 is 44.9. The number of hydrogen-bond acceptors (Lipinski definition) is 10. The van der Waals surface area contributed by atoms with Gasteiger partial charge in [-0.2, -0.15) is 0 Å². The van der Waals surface area contributed by atoms with Crippen LogP contribution < -0.4 is 0 Å². The molecule has 0 bridgehead atoms. The molecular weight excluding hydrogens is 659 g/mol. The summed E-state index contributed by atoms with van der Waals surface area (Å²) in [5, 5.41) is 11.4. The minimum atomic E-state index is -1.35. The average molecular weight is 719 g/mol. The summed E-state index contributed by atoms with van der Waals surface area (Å²) >= 11 is 0. The van der Waals surface area contributed by atoms with Gasteiger partial charge >= 0.3 is 12.1 Å². The number of methoxy groups -OCH3 is 1. The summed E-state index contributed by atoms with van der Waals surface area (Å²) in [7, 11) is 5.37. The van der Waals surface area contributed by atoms with Crippen molar-refractivity contribution in [2.45, 2.75) is 135 Å². The van der Waals surface area contributed by atoms with Crippen LogP contribution in [0.2, 0.25) is 0 Å². The summed E-state index contributed by atoms with van der Waals surface area (Å²) in [6, 6.07) is 5.07. The number of aliphatic hydroxyl groups excluding tert-OH is 1. The molecule has 4 rings (SSSR count). The molecule has 0 radical (unpaired) electrons. The van der Waals surface area contributed by atoms with Crippen LogP contribution in [0.3, 0.4) is 0 Å². The molecule has 3 aliphatic rings. The smallest absolute Gasteiger partial charge is 0.410 e. The van der Waals surface area contributed by atoms with Gasteiger partial charge in [-0.1, -0.05) is 45.9 Å². The van der Waals surface area contributed by atoms with E-state index in [2.05, 4.69) is 0 Å². The fourth-order valence-corrected chi connectivity index (χ4v) is 8.51. The number of esters is 1. The number of carbonyl (C=O) groups is 3. The first-order chi connectivity index (χ1) is 23.9. The number of ether oxygens (including phenoxy) is 5. The normalized spacial score (nSPS) is 39.5. The number of carbonyl (C=O) groups excluding carboxylic acids is 3. The van der Waals surface area contributed by atoms with Crippen molar-refractivity contribution in [2.24, 2.45) is 17.8 Å². The largest absolute Gasteiger partial charge is 0.455 e. The van der Waals surface area contributed by atoms with Gasteiger partial charge in [0.1, 0.15) is 23.8 Å². The van der Waals surface area contributed by atoms with E-state index in [0.717, 1.165) is 5.56 Å². The molecule has 0 aromatic heterocycles. The molecule has 3 heterocycles. The molecule has 1 aromatic rings. The van der Waals surface area contributed by atoms with Crippen LogP contribution in [0.1, 0.15) is 80.2 Å². The maximum absolute atomic E-state index is 14.5. The topological polar surface area (TPSA) is 124 Å². The quantitative estimate of drug-likeness (QED) is 0.354. The Bertz CT molecular complexity index is 1420. The number of cyclic esters (lactones) is 1. The van der Waals surface area contributed by atoms with Crippen molar-refractivity contribution in [2.75, 3.05) is 27.7 Å². The van der Waals surface area contributed by atoms with Crippen molar-refractivity contribution in [3.05, 3.63) is 47.3 Å². The Kier molecular flexibility index (Phi) is 13.1. The lowest BCUT2D eigenvalue weighted by Crippen LogP contribution is -2.59. The minimum Gasteiger partial charge on any atom is -0.455 e. The van der Waals surface area contributed by atoms with Gasteiger partial charge in [-0.15, -0.1) is 0 Å². The molecule has 2 saturated heterocycles. The number of amides is 1. The number of Topliss-reactive ketones (excluding diaryl/α,β-unsaturated/α-hetero) is 1. The summed E-state index contributed by atoms with van der Waals surface area (Å²) in [6.45, 7) is 14.8. The van der Waals surface area contributed by atoms with Crippen molar-refractivity contribution in [3.8, 4) is 0 Å². The Balaban J connectivity index is 1.76. The summed E-state index contributed by atoms with van der Waals surface area (Å²) in [5.74, 6) is -2.82. The number of benzene rings is 1. The van der Waals surface area contributed by atoms with Crippen molar-refractivity contribution in [3.63, 3.8) is 0 Å². The average Bonchev–Trinajstić information content (AvgIpc) is 3.34. The molecule has 0 aliphatic carbocycles. The molecule has 51 heavy (non-hydrogen) atoms. The second-order valence-electron chi connectivity index (χ2n) is 15.5. The van der Waals surface area contributed by atoms with Gasteiger partial charge in [0.15, 0.2) is 11.9 Å². The monoisotopic (exact) mass is 718 g/mol. The Hall–Kier alpha value is -2.90. The number of ketones is 1. The maximum atomic E-state index is 14.5. The van der Waals surface area contributed by atoms with Gasteiger partial charge in [0, 0.05) is 43.0 Å². The van der Waals surface area contributed by atoms with Crippen molar-refractivity contribution in [1.29, 1.82) is 0 Å². The zero-order valence-electron chi connectivity index (χ0n) is 32.2. The van der Waals surface area contributed by atoms with Gasteiger partial charge < -0.3 is 33.7 Å². The SMILES string of the molecule is CC[C@H]1OC(=O)/C(C)=C/[C@H](C)[C@@H](O[C@@H]2O[C@H](C)C[C@H](N(C)C)[C@H]2O)[C@](C)(OC)C[C@@H](C)C(=O)[C@H](C)[C@H]2N(CCc3ccc(F)cc3)C(=O)O[C@]12C. The van der Waals surface area contributed by atoms with Crippen molar-refractivity contribution >= 4 is 17.8 Å². The third-order valence-electron chi connectivity index (χ3n) is 11.3. The first-order valence-electron chi connectivity index (χ1n) is 18.2. The van der Waals surface area contributed by atoms with Crippen LogP contribution >= 0.6 is 0 Å². The first kappa shape index (κ1) is 40.9. The highest BCUT2D eigenvalue weighted by Crippen LogP contribution is 2.43. The highest BCUT2D eigenvalue weighted by Gasteiger charge is 2.60. The van der Waals surface area contributed by atoms with Gasteiger partial charge in [-0.3, -0.25) is 9.69 Å². The van der Waals surface area contributed by atoms with Crippen LogP contribution in [-0.4, -0.2) is 114 Å². The Morgan fingerprint density at radius 2 is 1.73 bits per heavy atom. The van der Waals surface area contributed by atoms with Gasteiger partial charge in [0.2, 0.25) is 0 Å². The predicted molar refractivity (Wildman–Crippen MR) is 189 cm³/mol. The zero-order chi connectivity index (χ0) is 38.0. The highest BCUT2D eigenvalue weighted by molar-refractivity contribution is 5.88. The number of likely N-dealkylation sites (N-methyl/N-ethyl adjacent to an activating group) is 1. The third kappa shape index (κ3) is 8.67. The van der Waals surface area contributed by atoms with E-state index in [4.69, 9.17) is 23.7 Å². The Labute approximate surface area is 302 Å². The van der Waals surface area contributed by atoms with Crippen LogP contribution in [0.15, 0.2) is 35.9 Å². The number of hydrogen-bond donors (Lipinski definition) is 1. The molecule has 12 atom stereocenters. The number of halogens is 1. The van der Waals surface area contributed by atoms with E-state index < -0.39 is 71.7 Å². The van der Waals surface area contributed by atoms with Gasteiger partial charge in [-0.25, -0.2) is 14.0 Å². The fourth-order valence-electron chi connectivity index (χ4n) is 8.51. The molecule has 12 heteroatoms. The summed E-state index contributed by atoms with van der Waals surface area (Å²) in [4.78, 5) is 45.5. The molecule has 11 nitrogen and oxygen atoms in total. The zero-order valence-corrected chi connectivity index (χ0v) is 32.2. The predicted octanol–water partition coefficient (Wildman–Crippen LogP) is 5.31. The van der Waals surface area contributed by atoms with E-state index in [1.165, 1.54) is 12.1 Å². The molecule has 3 aliphatic heterocycles. The third-order valence-corrected chi connectivity index (χ3v) is 11.3. The molecule has 2 fully saturated rings. The number of rotatable bonds is 8.